The molecule has 0 saturated carbocycles. The van der Waals surface area contributed by atoms with Gasteiger partial charge in [-0.25, -0.2) is 5.43 Å². The second-order valence-corrected chi connectivity index (χ2v) is 4.58. The first-order valence-corrected chi connectivity index (χ1v) is 6.44. The lowest BCUT2D eigenvalue weighted by Crippen LogP contribution is -2.18. The molecular formula is C15H13ClN2O3. The minimum atomic E-state index is -0.439. The van der Waals surface area contributed by atoms with Crippen LogP contribution in [0.15, 0.2) is 47.6 Å². The van der Waals surface area contributed by atoms with Crippen molar-refractivity contribution >= 4 is 23.7 Å². The number of halogens is 1. The summed E-state index contributed by atoms with van der Waals surface area (Å²) in [6, 6.07) is 11.2. The average Bonchev–Trinajstić information content (AvgIpc) is 2.47. The molecule has 2 aromatic rings. The third kappa shape index (κ3) is 3.97. The third-order valence-corrected chi connectivity index (χ3v) is 2.89. The van der Waals surface area contributed by atoms with Crippen LogP contribution in [0.4, 0.5) is 0 Å². The highest BCUT2D eigenvalue weighted by Gasteiger charge is 2.11. The van der Waals surface area contributed by atoms with Gasteiger partial charge in [-0.3, -0.25) is 4.79 Å². The van der Waals surface area contributed by atoms with Gasteiger partial charge in [-0.1, -0.05) is 23.7 Å². The fourth-order valence-corrected chi connectivity index (χ4v) is 1.86. The van der Waals surface area contributed by atoms with E-state index in [1.807, 2.05) is 0 Å². The second-order valence-electron chi connectivity index (χ2n) is 4.14. The fraction of sp³-hybridized carbons (Fsp3) is 0.0667. The number of methoxy groups -OCH3 is 1. The topological polar surface area (TPSA) is 70.9 Å². The van der Waals surface area contributed by atoms with E-state index in [9.17, 15) is 9.90 Å². The van der Waals surface area contributed by atoms with Crippen LogP contribution in [0, 0.1) is 0 Å². The van der Waals surface area contributed by atoms with E-state index < -0.39 is 5.91 Å². The molecule has 21 heavy (non-hydrogen) atoms. The fourth-order valence-electron chi connectivity index (χ4n) is 1.69. The van der Waals surface area contributed by atoms with Crippen molar-refractivity contribution in [3.8, 4) is 11.5 Å². The van der Waals surface area contributed by atoms with E-state index in [0.717, 1.165) is 0 Å². The summed E-state index contributed by atoms with van der Waals surface area (Å²) in [5.74, 6) is 0.0944. The van der Waals surface area contributed by atoms with Crippen LogP contribution in [0.3, 0.4) is 0 Å². The van der Waals surface area contributed by atoms with Crippen LogP contribution in [0.25, 0.3) is 0 Å². The van der Waals surface area contributed by atoms with Crippen molar-refractivity contribution in [3.05, 3.63) is 58.6 Å². The maximum absolute atomic E-state index is 12.0. The lowest BCUT2D eigenvalue weighted by Gasteiger charge is -2.07. The summed E-state index contributed by atoms with van der Waals surface area (Å²) in [6.07, 6.45) is 1.43. The van der Waals surface area contributed by atoms with Crippen molar-refractivity contribution in [2.75, 3.05) is 7.11 Å². The maximum atomic E-state index is 12.0. The molecule has 0 atom stereocenters. The van der Waals surface area contributed by atoms with Crippen molar-refractivity contribution in [3.63, 3.8) is 0 Å². The van der Waals surface area contributed by atoms with Gasteiger partial charge in [-0.15, -0.1) is 0 Å². The Balaban J connectivity index is 2.10. The molecule has 0 bridgehead atoms. The largest absolute Gasteiger partial charge is 0.508 e. The average molecular weight is 305 g/mol. The van der Waals surface area contributed by atoms with E-state index in [1.54, 1.807) is 30.3 Å². The van der Waals surface area contributed by atoms with E-state index in [2.05, 4.69) is 10.5 Å². The summed E-state index contributed by atoms with van der Waals surface area (Å²) < 4.78 is 5.10. The number of nitrogens with one attached hydrogen (secondary N) is 1. The van der Waals surface area contributed by atoms with Crippen LogP contribution in [0.5, 0.6) is 11.5 Å². The molecule has 0 aliphatic heterocycles. The molecule has 6 heteroatoms. The van der Waals surface area contributed by atoms with Crippen molar-refractivity contribution in [2.24, 2.45) is 5.10 Å². The number of ether oxygens (including phenoxy) is 1. The van der Waals surface area contributed by atoms with Crippen LogP contribution in [-0.4, -0.2) is 24.3 Å². The number of hydrogen-bond donors (Lipinski definition) is 2. The van der Waals surface area contributed by atoms with Gasteiger partial charge >= 0.3 is 0 Å². The first kappa shape index (κ1) is 14.9. The highest BCUT2D eigenvalue weighted by molar-refractivity contribution is 6.31. The SMILES string of the molecule is COc1ccc(Cl)cc1C(=O)NN=Cc1cccc(O)c1. The number of aromatic hydroxyl groups is 1. The Morgan fingerprint density at radius 1 is 1.33 bits per heavy atom. The summed E-state index contributed by atoms with van der Waals surface area (Å²) in [7, 11) is 1.47. The summed E-state index contributed by atoms with van der Waals surface area (Å²) in [5.41, 5.74) is 3.33. The van der Waals surface area contributed by atoms with Gasteiger partial charge in [0.2, 0.25) is 0 Å². The number of carbonyl (C=O) groups excluding carboxylic acids is 1. The minimum Gasteiger partial charge on any atom is -0.508 e. The quantitative estimate of drug-likeness (QED) is 0.674. The molecule has 0 unspecified atom stereocenters. The zero-order valence-corrected chi connectivity index (χ0v) is 12.0. The maximum Gasteiger partial charge on any atom is 0.275 e. The third-order valence-electron chi connectivity index (χ3n) is 2.66. The molecule has 1 amide bonds. The molecule has 108 valence electrons. The molecule has 0 heterocycles. The van der Waals surface area contributed by atoms with E-state index in [0.29, 0.717) is 16.3 Å². The summed E-state index contributed by atoms with van der Waals surface area (Å²) in [4.78, 5) is 12.0. The van der Waals surface area contributed by atoms with E-state index in [4.69, 9.17) is 16.3 Å². The molecule has 0 spiro atoms. The molecule has 2 rings (SSSR count). The van der Waals surface area contributed by atoms with Crippen LogP contribution in [0.2, 0.25) is 5.02 Å². The molecule has 0 aliphatic carbocycles. The normalized spacial score (nSPS) is 10.6. The Bertz CT molecular complexity index is 686. The molecule has 0 fully saturated rings. The standard InChI is InChI=1S/C15H13ClN2O3/c1-21-14-6-5-11(16)8-13(14)15(20)18-17-9-10-3-2-4-12(19)7-10/h2-9,19H,1H3,(H,18,20). The Hall–Kier alpha value is -2.53. The van der Waals surface area contributed by atoms with Gasteiger partial charge in [0.1, 0.15) is 11.5 Å². The van der Waals surface area contributed by atoms with Gasteiger partial charge in [-0.2, -0.15) is 5.10 Å². The number of nitrogens with zero attached hydrogens (tertiary/aromatic N) is 1. The molecule has 0 saturated heterocycles. The van der Waals surface area contributed by atoms with Gasteiger partial charge in [-0.05, 0) is 35.9 Å². The zero-order chi connectivity index (χ0) is 15.2. The van der Waals surface area contributed by atoms with E-state index in [1.165, 1.54) is 25.5 Å². The first-order valence-electron chi connectivity index (χ1n) is 6.06. The lowest BCUT2D eigenvalue weighted by atomic mass is 10.2. The van der Waals surface area contributed by atoms with E-state index >= 15 is 0 Å². The van der Waals surface area contributed by atoms with Gasteiger partial charge in [0.05, 0.1) is 18.9 Å². The molecule has 2 aromatic carbocycles. The number of benzene rings is 2. The molecule has 5 nitrogen and oxygen atoms in total. The van der Waals surface area contributed by atoms with Gasteiger partial charge < -0.3 is 9.84 Å². The van der Waals surface area contributed by atoms with Crippen molar-refractivity contribution in [1.29, 1.82) is 0 Å². The van der Waals surface area contributed by atoms with Crippen LogP contribution < -0.4 is 10.2 Å². The Kier molecular flexibility index (Phi) is 4.79. The summed E-state index contributed by atoms with van der Waals surface area (Å²) in [5, 5.41) is 13.6. The number of rotatable bonds is 4. The first-order chi connectivity index (χ1) is 10.1. The molecular weight excluding hydrogens is 292 g/mol. The number of amides is 1. The highest BCUT2D eigenvalue weighted by atomic mass is 35.5. The predicted molar refractivity (Wildman–Crippen MR) is 81.2 cm³/mol. The Morgan fingerprint density at radius 3 is 2.86 bits per heavy atom. The van der Waals surface area contributed by atoms with E-state index in [-0.39, 0.29) is 11.3 Å². The van der Waals surface area contributed by atoms with Crippen LogP contribution in [-0.2, 0) is 0 Å². The van der Waals surface area contributed by atoms with Gasteiger partial charge in [0.15, 0.2) is 0 Å². The molecule has 0 aromatic heterocycles. The Labute approximate surface area is 126 Å². The van der Waals surface area contributed by atoms with Gasteiger partial charge in [0.25, 0.3) is 5.91 Å². The minimum absolute atomic E-state index is 0.127. The molecule has 0 aliphatic rings. The summed E-state index contributed by atoms with van der Waals surface area (Å²) >= 11 is 5.86. The van der Waals surface area contributed by atoms with Crippen molar-refractivity contribution < 1.29 is 14.6 Å². The van der Waals surface area contributed by atoms with Crippen molar-refractivity contribution in [2.45, 2.75) is 0 Å². The number of phenolic OH excluding ortho intramolecular Hbond substituents is 1. The number of hydrogen-bond acceptors (Lipinski definition) is 4. The van der Waals surface area contributed by atoms with Crippen molar-refractivity contribution in [1.82, 2.24) is 5.43 Å². The second kappa shape index (κ2) is 6.76. The monoisotopic (exact) mass is 304 g/mol. The van der Waals surface area contributed by atoms with Crippen LogP contribution in [0.1, 0.15) is 15.9 Å². The zero-order valence-electron chi connectivity index (χ0n) is 11.2. The Morgan fingerprint density at radius 2 is 2.14 bits per heavy atom. The summed E-state index contributed by atoms with van der Waals surface area (Å²) in [6.45, 7) is 0. The van der Waals surface area contributed by atoms with Gasteiger partial charge in [0, 0.05) is 5.02 Å². The highest BCUT2D eigenvalue weighted by Crippen LogP contribution is 2.22. The number of hydrazone groups is 1. The number of phenols is 1. The molecule has 2 N–H and O–H groups in total. The van der Waals surface area contributed by atoms with Crippen LogP contribution >= 0.6 is 11.6 Å². The lowest BCUT2D eigenvalue weighted by molar-refractivity contribution is 0.0952. The predicted octanol–water partition coefficient (Wildman–Crippen LogP) is 2.82. The molecule has 0 radical (unpaired) electrons. The smallest absolute Gasteiger partial charge is 0.275 e. The number of carbonyl (C=O) groups is 1.